The Bertz CT molecular complexity index is 867. The molecule has 0 aliphatic carbocycles. The van der Waals surface area contributed by atoms with Crippen molar-refractivity contribution in [1.29, 1.82) is 0 Å². The van der Waals surface area contributed by atoms with Gasteiger partial charge in [0.05, 0.1) is 18.4 Å². The fourth-order valence-electron chi connectivity index (χ4n) is 3.50. The van der Waals surface area contributed by atoms with Crippen molar-refractivity contribution < 1.29 is 27.1 Å². The van der Waals surface area contributed by atoms with Gasteiger partial charge in [-0.15, -0.1) is 0 Å². The Morgan fingerprint density at radius 3 is 2.47 bits per heavy atom. The molecule has 1 saturated heterocycles. The van der Waals surface area contributed by atoms with Crippen LogP contribution < -0.4 is 10.1 Å². The van der Waals surface area contributed by atoms with Crippen LogP contribution in [0.4, 0.5) is 22.4 Å². The fourth-order valence-corrected chi connectivity index (χ4v) is 3.50. The van der Waals surface area contributed by atoms with Crippen LogP contribution in [-0.4, -0.2) is 59.8 Å². The van der Waals surface area contributed by atoms with Crippen LogP contribution in [-0.2, 0) is 13.1 Å². The number of hydrogen-bond donors (Lipinski definition) is 1. The zero-order chi connectivity index (χ0) is 23.1. The monoisotopic (exact) mass is 454 g/mol. The Kier molecular flexibility index (Phi) is 7.89. The van der Waals surface area contributed by atoms with Crippen LogP contribution in [0.25, 0.3) is 0 Å². The van der Waals surface area contributed by atoms with Crippen molar-refractivity contribution in [2.75, 3.05) is 26.7 Å². The number of pyridine rings is 1. The summed E-state index contributed by atoms with van der Waals surface area (Å²) in [7, 11) is 2.03. The molecular formula is C22H26F4N4O2. The van der Waals surface area contributed by atoms with E-state index >= 15 is 0 Å². The molecule has 2 amide bonds. The van der Waals surface area contributed by atoms with Crippen molar-refractivity contribution in [3.05, 3.63) is 59.7 Å². The summed E-state index contributed by atoms with van der Waals surface area (Å²) in [5.74, 6) is -0.334. The van der Waals surface area contributed by atoms with Crippen molar-refractivity contribution in [2.24, 2.45) is 0 Å². The fraction of sp³-hybridized carbons (Fsp3) is 0.455. The summed E-state index contributed by atoms with van der Waals surface area (Å²) in [5.41, 5.74) is 1.31. The molecule has 1 aromatic heterocycles. The molecule has 1 aliphatic heterocycles. The van der Waals surface area contributed by atoms with Gasteiger partial charge in [0.1, 0.15) is 11.6 Å². The number of piperidine rings is 1. The van der Waals surface area contributed by atoms with Crippen LogP contribution in [0.5, 0.6) is 5.75 Å². The van der Waals surface area contributed by atoms with Crippen molar-refractivity contribution in [3.8, 4) is 5.75 Å². The minimum Gasteiger partial charge on any atom is -0.484 e. The quantitative estimate of drug-likeness (QED) is 0.644. The van der Waals surface area contributed by atoms with Crippen LogP contribution in [0.1, 0.15) is 24.1 Å². The van der Waals surface area contributed by atoms with Gasteiger partial charge >= 0.3 is 12.2 Å². The number of rotatable bonds is 7. The lowest BCUT2D eigenvalue weighted by Gasteiger charge is -2.37. The average Bonchev–Trinajstić information content (AvgIpc) is 2.76. The molecular weight excluding hydrogens is 428 g/mol. The molecule has 32 heavy (non-hydrogen) atoms. The van der Waals surface area contributed by atoms with E-state index in [1.54, 1.807) is 23.1 Å². The molecule has 10 heteroatoms. The molecule has 6 nitrogen and oxygen atoms in total. The van der Waals surface area contributed by atoms with Gasteiger partial charge in [-0.1, -0.05) is 12.1 Å². The summed E-state index contributed by atoms with van der Waals surface area (Å²) < 4.78 is 54.7. The third kappa shape index (κ3) is 7.37. The van der Waals surface area contributed by atoms with Gasteiger partial charge in [0, 0.05) is 12.6 Å². The average molecular weight is 454 g/mol. The second-order valence-electron chi connectivity index (χ2n) is 7.84. The number of alkyl halides is 3. The number of amides is 2. The Labute approximate surface area is 184 Å². The van der Waals surface area contributed by atoms with E-state index in [0.717, 1.165) is 37.7 Å². The summed E-state index contributed by atoms with van der Waals surface area (Å²) >= 11 is 0. The Balaban J connectivity index is 1.60. The topological polar surface area (TPSA) is 57.7 Å². The zero-order valence-electron chi connectivity index (χ0n) is 17.7. The summed E-state index contributed by atoms with van der Waals surface area (Å²) in [6.45, 7) is 0.838. The van der Waals surface area contributed by atoms with E-state index in [1.807, 2.05) is 7.05 Å². The first-order chi connectivity index (χ1) is 15.2. The van der Waals surface area contributed by atoms with Crippen molar-refractivity contribution in [1.82, 2.24) is 20.1 Å². The van der Waals surface area contributed by atoms with Gasteiger partial charge in [-0.2, -0.15) is 13.2 Å². The molecule has 0 radical (unpaired) electrons. The van der Waals surface area contributed by atoms with Gasteiger partial charge in [0.2, 0.25) is 0 Å². The molecule has 1 aromatic carbocycles. The third-order valence-corrected chi connectivity index (χ3v) is 5.28. The van der Waals surface area contributed by atoms with Gasteiger partial charge < -0.3 is 19.9 Å². The SMILES string of the molecule is CN1CCC(N(Cc2ccc(F)cn2)C(=O)NCc2ccc(OCC(F)(F)F)cc2)CC1. The summed E-state index contributed by atoms with van der Waals surface area (Å²) in [4.78, 5) is 21.0. The minimum absolute atomic E-state index is 0.0243. The van der Waals surface area contributed by atoms with Gasteiger partial charge in [0.15, 0.2) is 6.61 Å². The third-order valence-electron chi connectivity index (χ3n) is 5.28. The Hall–Kier alpha value is -2.88. The highest BCUT2D eigenvalue weighted by Crippen LogP contribution is 2.20. The number of nitrogens with zero attached hydrogens (tertiary/aromatic N) is 3. The summed E-state index contributed by atoms with van der Waals surface area (Å²) in [6, 6.07) is 8.70. The standard InChI is InChI=1S/C22H26F4N4O2/c1-29-10-8-19(9-11-29)30(14-18-5-4-17(23)13-27-18)21(31)28-12-16-2-6-20(7-3-16)32-15-22(24,25)26/h2-7,13,19H,8-12,14-15H2,1H3,(H,28,31). The molecule has 2 aromatic rings. The molecule has 2 heterocycles. The first kappa shape index (κ1) is 23.8. The first-order valence-corrected chi connectivity index (χ1v) is 10.3. The number of likely N-dealkylation sites (tertiary alicyclic amines) is 1. The second kappa shape index (κ2) is 10.6. The highest BCUT2D eigenvalue weighted by molar-refractivity contribution is 5.74. The largest absolute Gasteiger partial charge is 0.484 e. The Morgan fingerprint density at radius 1 is 1.19 bits per heavy atom. The van der Waals surface area contributed by atoms with E-state index in [0.29, 0.717) is 5.69 Å². The summed E-state index contributed by atoms with van der Waals surface area (Å²) in [5, 5.41) is 2.87. The second-order valence-corrected chi connectivity index (χ2v) is 7.84. The zero-order valence-corrected chi connectivity index (χ0v) is 17.7. The van der Waals surface area contributed by atoms with E-state index < -0.39 is 18.6 Å². The van der Waals surface area contributed by atoms with Gasteiger partial charge in [-0.05, 0) is 62.8 Å². The molecule has 174 valence electrons. The first-order valence-electron chi connectivity index (χ1n) is 10.3. The van der Waals surface area contributed by atoms with E-state index in [2.05, 4.69) is 15.2 Å². The van der Waals surface area contributed by atoms with Crippen LogP contribution in [0.3, 0.4) is 0 Å². The van der Waals surface area contributed by atoms with Crippen LogP contribution in [0, 0.1) is 5.82 Å². The maximum absolute atomic E-state index is 13.2. The number of urea groups is 1. The molecule has 1 aliphatic rings. The molecule has 0 spiro atoms. The molecule has 1 N–H and O–H groups in total. The molecule has 1 fully saturated rings. The van der Waals surface area contributed by atoms with Crippen molar-refractivity contribution in [3.63, 3.8) is 0 Å². The molecule has 0 saturated carbocycles. The number of nitrogens with one attached hydrogen (secondary N) is 1. The predicted octanol–water partition coefficient (Wildman–Crippen LogP) is 3.97. The smallest absolute Gasteiger partial charge is 0.422 e. The lowest BCUT2D eigenvalue weighted by molar-refractivity contribution is -0.153. The normalized spacial score (nSPS) is 15.4. The van der Waals surface area contributed by atoms with Gasteiger partial charge in [-0.25, -0.2) is 9.18 Å². The number of carbonyl (C=O) groups is 1. The minimum atomic E-state index is -4.40. The number of aromatic nitrogens is 1. The number of hydrogen-bond acceptors (Lipinski definition) is 4. The van der Waals surface area contributed by atoms with Crippen LogP contribution in [0.15, 0.2) is 42.6 Å². The predicted molar refractivity (Wildman–Crippen MR) is 110 cm³/mol. The van der Waals surface area contributed by atoms with E-state index in [-0.39, 0.29) is 30.9 Å². The highest BCUT2D eigenvalue weighted by Gasteiger charge is 2.29. The maximum Gasteiger partial charge on any atom is 0.422 e. The number of halogens is 4. The maximum atomic E-state index is 13.2. The number of carbonyl (C=O) groups excluding carboxylic acids is 1. The van der Waals surface area contributed by atoms with Gasteiger partial charge in [-0.3, -0.25) is 4.98 Å². The van der Waals surface area contributed by atoms with Crippen LogP contribution >= 0.6 is 0 Å². The van der Waals surface area contributed by atoms with Gasteiger partial charge in [0.25, 0.3) is 0 Å². The molecule has 0 atom stereocenters. The van der Waals surface area contributed by atoms with E-state index in [1.165, 1.54) is 18.2 Å². The van der Waals surface area contributed by atoms with Crippen molar-refractivity contribution in [2.45, 2.75) is 38.1 Å². The van der Waals surface area contributed by atoms with E-state index in [4.69, 9.17) is 4.74 Å². The van der Waals surface area contributed by atoms with E-state index in [9.17, 15) is 22.4 Å². The number of ether oxygens (including phenoxy) is 1. The Morgan fingerprint density at radius 2 is 1.88 bits per heavy atom. The number of benzene rings is 1. The molecule has 0 unspecified atom stereocenters. The molecule has 3 rings (SSSR count). The lowest BCUT2D eigenvalue weighted by atomic mass is 10.0. The highest BCUT2D eigenvalue weighted by atomic mass is 19.4. The lowest BCUT2D eigenvalue weighted by Crippen LogP contribution is -2.49. The summed E-state index contributed by atoms with van der Waals surface area (Å²) in [6.07, 6.45) is -1.64. The molecule has 0 bridgehead atoms. The van der Waals surface area contributed by atoms with Crippen molar-refractivity contribution >= 4 is 6.03 Å². The van der Waals surface area contributed by atoms with Crippen LogP contribution in [0.2, 0.25) is 0 Å².